The summed E-state index contributed by atoms with van der Waals surface area (Å²) in [6.07, 6.45) is 0. The summed E-state index contributed by atoms with van der Waals surface area (Å²) in [6, 6.07) is 7.67. The molecule has 96 valence electrons. The fraction of sp³-hybridized carbons (Fsp3) is 0.154. The quantitative estimate of drug-likeness (QED) is 0.740. The zero-order valence-electron chi connectivity index (χ0n) is 10.6. The first-order valence-corrected chi connectivity index (χ1v) is 6.20. The van der Waals surface area contributed by atoms with Crippen LogP contribution in [0.25, 0.3) is 16.7 Å². The summed E-state index contributed by atoms with van der Waals surface area (Å²) in [4.78, 5) is 8.51. The van der Waals surface area contributed by atoms with E-state index in [2.05, 4.69) is 15.1 Å². The molecule has 0 saturated heterocycles. The molecule has 0 fully saturated rings. The van der Waals surface area contributed by atoms with Gasteiger partial charge in [-0.15, -0.1) is 0 Å². The predicted molar refractivity (Wildman–Crippen MR) is 75.6 cm³/mol. The lowest BCUT2D eigenvalue weighted by atomic mass is 10.2. The van der Waals surface area contributed by atoms with Gasteiger partial charge in [0.25, 0.3) is 0 Å². The summed E-state index contributed by atoms with van der Waals surface area (Å²) < 4.78 is 1.71. The highest BCUT2D eigenvalue weighted by atomic mass is 35.5. The third-order valence-electron chi connectivity index (χ3n) is 3.00. The second kappa shape index (κ2) is 4.20. The number of nitrogens with zero attached hydrogens (tertiary/aromatic N) is 4. The first-order valence-electron chi connectivity index (χ1n) is 5.82. The van der Waals surface area contributed by atoms with Gasteiger partial charge in [-0.05, 0) is 26.0 Å². The van der Waals surface area contributed by atoms with Crippen LogP contribution in [0.5, 0.6) is 0 Å². The third kappa shape index (κ3) is 1.82. The number of rotatable bonds is 1. The first-order chi connectivity index (χ1) is 9.08. The van der Waals surface area contributed by atoms with Gasteiger partial charge >= 0.3 is 0 Å². The van der Waals surface area contributed by atoms with Crippen LogP contribution < -0.4 is 5.73 Å². The van der Waals surface area contributed by atoms with Crippen LogP contribution in [0.3, 0.4) is 0 Å². The summed E-state index contributed by atoms with van der Waals surface area (Å²) in [5.41, 5.74) is 8.15. The Morgan fingerprint density at radius 1 is 1.16 bits per heavy atom. The molecule has 2 aromatic heterocycles. The number of hydrogen-bond donors (Lipinski definition) is 1. The fourth-order valence-corrected chi connectivity index (χ4v) is 2.19. The van der Waals surface area contributed by atoms with Gasteiger partial charge in [0, 0.05) is 5.39 Å². The molecule has 3 aromatic rings. The van der Waals surface area contributed by atoms with E-state index in [0.717, 1.165) is 22.3 Å². The molecule has 19 heavy (non-hydrogen) atoms. The third-order valence-corrected chi connectivity index (χ3v) is 3.55. The van der Waals surface area contributed by atoms with Gasteiger partial charge in [0.2, 0.25) is 5.95 Å². The number of para-hydroxylation sites is 1. The zero-order valence-corrected chi connectivity index (χ0v) is 11.3. The van der Waals surface area contributed by atoms with Crippen molar-refractivity contribution < 1.29 is 0 Å². The van der Waals surface area contributed by atoms with E-state index >= 15 is 0 Å². The van der Waals surface area contributed by atoms with Crippen molar-refractivity contribution in [3.05, 3.63) is 40.7 Å². The van der Waals surface area contributed by atoms with Crippen LogP contribution in [0.15, 0.2) is 24.3 Å². The summed E-state index contributed by atoms with van der Waals surface area (Å²) >= 11 is 6.18. The summed E-state index contributed by atoms with van der Waals surface area (Å²) in [7, 11) is 0. The molecule has 0 spiro atoms. The van der Waals surface area contributed by atoms with E-state index in [4.69, 9.17) is 17.3 Å². The minimum Gasteiger partial charge on any atom is -0.368 e. The molecule has 0 bridgehead atoms. The Hall–Kier alpha value is -2.14. The standard InChI is InChI=1S/C13H12ClN5/c1-7-11(14)8(2)19(18-7)12-9-5-3-4-6-10(9)16-13(15)17-12/h3-6H,1-2H3,(H2,15,16,17). The van der Waals surface area contributed by atoms with Crippen LogP contribution >= 0.6 is 11.6 Å². The molecule has 0 radical (unpaired) electrons. The second-order valence-electron chi connectivity index (χ2n) is 4.32. The Kier molecular flexibility index (Phi) is 2.64. The number of benzene rings is 1. The van der Waals surface area contributed by atoms with Crippen LogP contribution in [-0.4, -0.2) is 19.7 Å². The first kappa shape index (κ1) is 11.9. The van der Waals surface area contributed by atoms with E-state index in [9.17, 15) is 0 Å². The number of fused-ring (bicyclic) bond motifs is 1. The average molecular weight is 274 g/mol. The Balaban J connectivity index is 2.38. The molecule has 2 heterocycles. The highest BCUT2D eigenvalue weighted by Crippen LogP contribution is 2.25. The Morgan fingerprint density at radius 2 is 1.89 bits per heavy atom. The summed E-state index contributed by atoms with van der Waals surface area (Å²) in [5.74, 6) is 0.868. The molecular weight excluding hydrogens is 262 g/mol. The second-order valence-corrected chi connectivity index (χ2v) is 4.70. The van der Waals surface area contributed by atoms with Gasteiger partial charge < -0.3 is 5.73 Å². The lowest BCUT2D eigenvalue weighted by Gasteiger charge is -2.08. The van der Waals surface area contributed by atoms with Gasteiger partial charge in [-0.2, -0.15) is 10.1 Å². The summed E-state index contributed by atoms with van der Waals surface area (Å²) in [6.45, 7) is 3.76. The average Bonchev–Trinajstić information content (AvgIpc) is 2.65. The number of aryl methyl sites for hydroxylation is 1. The predicted octanol–water partition coefficient (Wildman–Crippen LogP) is 2.67. The van der Waals surface area contributed by atoms with Gasteiger partial charge in [0.1, 0.15) is 0 Å². The molecule has 1 aromatic carbocycles. The number of aromatic nitrogens is 4. The minimum absolute atomic E-state index is 0.220. The Morgan fingerprint density at radius 3 is 2.58 bits per heavy atom. The molecule has 0 aliphatic heterocycles. The van der Waals surface area contributed by atoms with Crippen molar-refractivity contribution in [3.63, 3.8) is 0 Å². The molecule has 0 unspecified atom stereocenters. The Labute approximate surface area is 115 Å². The lowest BCUT2D eigenvalue weighted by Crippen LogP contribution is -2.06. The minimum atomic E-state index is 0.220. The van der Waals surface area contributed by atoms with Gasteiger partial charge in [-0.3, -0.25) is 0 Å². The molecule has 0 atom stereocenters. The van der Waals surface area contributed by atoms with E-state index in [0.29, 0.717) is 10.8 Å². The van der Waals surface area contributed by atoms with Gasteiger partial charge in [-0.1, -0.05) is 23.7 Å². The van der Waals surface area contributed by atoms with E-state index < -0.39 is 0 Å². The van der Waals surface area contributed by atoms with Crippen LogP contribution in [-0.2, 0) is 0 Å². The number of anilines is 1. The van der Waals surface area contributed by atoms with Gasteiger partial charge in [0.05, 0.1) is 21.9 Å². The molecule has 3 rings (SSSR count). The molecule has 0 saturated carbocycles. The molecule has 2 N–H and O–H groups in total. The van der Waals surface area contributed by atoms with Gasteiger partial charge in [0.15, 0.2) is 5.82 Å². The molecule has 5 nitrogen and oxygen atoms in total. The maximum atomic E-state index is 6.18. The molecule has 0 amide bonds. The smallest absolute Gasteiger partial charge is 0.222 e. The molecule has 6 heteroatoms. The zero-order chi connectivity index (χ0) is 13.6. The highest BCUT2D eigenvalue weighted by Gasteiger charge is 2.15. The van der Waals surface area contributed by atoms with Gasteiger partial charge in [-0.25, -0.2) is 9.67 Å². The number of nitrogens with two attached hydrogens (primary N) is 1. The van der Waals surface area contributed by atoms with Crippen LogP contribution in [0, 0.1) is 13.8 Å². The lowest BCUT2D eigenvalue weighted by molar-refractivity contribution is 0.812. The van der Waals surface area contributed by atoms with E-state index in [1.807, 2.05) is 38.1 Å². The number of hydrogen-bond acceptors (Lipinski definition) is 4. The maximum Gasteiger partial charge on any atom is 0.222 e. The van der Waals surface area contributed by atoms with Crippen LogP contribution in [0.2, 0.25) is 5.02 Å². The van der Waals surface area contributed by atoms with Crippen molar-refractivity contribution >= 4 is 28.5 Å². The number of halogens is 1. The van der Waals surface area contributed by atoms with E-state index in [1.54, 1.807) is 4.68 Å². The van der Waals surface area contributed by atoms with E-state index in [1.165, 1.54) is 0 Å². The van der Waals surface area contributed by atoms with Crippen LogP contribution in [0.4, 0.5) is 5.95 Å². The normalized spacial score (nSPS) is 11.1. The van der Waals surface area contributed by atoms with Crippen molar-refractivity contribution in [3.8, 4) is 5.82 Å². The topological polar surface area (TPSA) is 69.6 Å². The van der Waals surface area contributed by atoms with Crippen molar-refractivity contribution in [2.24, 2.45) is 0 Å². The van der Waals surface area contributed by atoms with Crippen molar-refractivity contribution in [1.82, 2.24) is 19.7 Å². The van der Waals surface area contributed by atoms with Crippen molar-refractivity contribution in [1.29, 1.82) is 0 Å². The maximum absolute atomic E-state index is 6.18. The molecule has 0 aliphatic carbocycles. The molecular formula is C13H12ClN5. The van der Waals surface area contributed by atoms with Crippen LogP contribution in [0.1, 0.15) is 11.4 Å². The van der Waals surface area contributed by atoms with Crippen molar-refractivity contribution in [2.45, 2.75) is 13.8 Å². The number of nitrogen functional groups attached to an aromatic ring is 1. The molecule has 0 aliphatic rings. The SMILES string of the molecule is Cc1nn(-c2nc(N)nc3ccccc23)c(C)c1Cl. The monoisotopic (exact) mass is 273 g/mol. The fourth-order valence-electron chi connectivity index (χ4n) is 2.07. The largest absolute Gasteiger partial charge is 0.368 e. The van der Waals surface area contributed by atoms with E-state index in [-0.39, 0.29) is 5.95 Å². The Bertz CT molecular complexity index is 778. The van der Waals surface area contributed by atoms with Crippen molar-refractivity contribution in [2.75, 3.05) is 5.73 Å². The highest BCUT2D eigenvalue weighted by molar-refractivity contribution is 6.31. The summed E-state index contributed by atoms with van der Waals surface area (Å²) in [5, 5.41) is 5.94.